The molecule has 6 heteroatoms. The van der Waals surface area contributed by atoms with Gasteiger partial charge in [-0.3, -0.25) is 4.79 Å². The first kappa shape index (κ1) is 12.7. The lowest BCUT2D eigenvalue weighted by Crippen LogP contribution is -2.50. The van der Waals surface area contributed by atoms with E-state index in [-0.39, 0.29) is 25.5 Å². The Labute approximate surface area is 93.6 Å². The molecule has 0 bridgehead atoms. The molecule has 0 spiro atoms. The molecular weight excluding hydrogens is 215 g/mol. The van der Waals surface area contributed by atoms with E-state index >= 15 is 0 Å². The van der Waals surface area contributed by atoms with Crippen LogP contribution in [0.5, 0.6) is 0 Å². The summed E-state index contributed by atoms with van der Waals surface area (Å²) in [5.74, 6) is -0.964. The molecule has 1 heterocycles. The van der Waals surface area contributed by atoms with Crippen molar-refractivity contribution in [1.29, 1.82) is 0 Å². The lowest BCUT2D eigenvalue weighted by atomic mass is 9.97. The second-order valence-electron chi connectivity index (χ2n) is 4.31. The first-order valence-electron chi connectivity index (χ1n) is 5.34. The van der Waals surface area contributed by atoms with Crippen LogP contribution in [0.1, 0.15) is 26.2 Å². The molecule has 0 aromatic carbocycles. The molecule has 0 aromatic heterocycles. The van der Waals surface area contributed by atoms with Crippen LogP contribution >= 0.6 is 0 Å². The average molecular weight is 232 g/mol. The zero-order chi connectivity index (χ0) is 12.2. The largest absolute Gasteiger partial charge is 0.481 e. The van der Waals surface area contributed by atoms with Gasteiger partial charge in [0.05, 0.1) is 13.0 Å². The molecule has 1 atom stereocenters. The van der Waals surface area contributed by atoms with Gasteiger partial charge >= 0.3 is 12.0 Å². The maximum Gasteiger partial charge on any atom is 0.317 e. The zero-order valence-electron chi connectivity index (χ0n) is 9.33. The van der Waals surface area contributed by atoms with E-state index in [9.17, 15) is 14.0 Å². The highest BCUT2D eigenvalue weighted by molar-refractivity contribution is 5.75. The highest BCUT2D eigenvalue weighted by Crippen LogP contribution is 2.24. The van der Waals surface area contributed by atoms with Crippen molar-refractivity contribution in [3.05, 3.63) is 0 Å². The van der Waals surface area contributed by atoms with Gasteiger partial charge in [0.15, 0.2) is 0 Å². The lowest BCUT2D eigenvalue weighted by Gasteiger charge is -2.35. The van der Waals surface area contributed by atoms with Gasteiger partial charge in [-0.2, -0.15) is 0 Å². The number of carboxylic acid groups (broad SMARTS) is 1. The number of alkyl halides is 1. The Morgan fingerprint density at radius 2 is 2.25 bits per heavy atom. The molecule has 16 heavy (non-hydrogen) atoms. The van der Waals surface area contributed by atoms with Gasteiger partial charge in [-0.25, -0.2) is 9.18 Å². The highest BCUT2D eigenvalue weighted by atomic mass is 19.1. The van der Waals surface area contributed by atoms with E-state index in [1.54, 1.807) is 0 Å². The fraction of sp³-hybridized carbons (Fsp3) is 0.800. The minimum absolute atomic E-state index is 0.0753. The predicted molar refractivity (Wildman–Crippen MR) is 56.0 cm³/mol. The molecule has 2 N–H and O–H groups in total. The third-order valence-electron chi connectivity index (χ3n) is 2.55. The highest BCUT2D eigenvalue weighted by Gasteiger charge is 2.32. The standard InChI is InChI=1S/C10H17FN2O3/c1-10(11)4-2-6-13(7-10)9(16)12-5-3-8(14)15/h2-7H2,1H3,(H,12,16)(H,14,15). The van der Waals surface area contributed by atoms with E-state index < -0.39 is 11.6 Å². The van der Waals surface area contributed by atoms with Crippen molar-refractivity contribution in [2.45, 2.75) is 31.9 Å². The van der Waals surface area contributed by atoms with Crippen LogP contribution in [0.3, 0.4) is 0 Å². The molecule has 0 radical (unpaired) electrons. The quantitative estimate of drug-likeness (QED) is 0.762. The van der Waals surface area contributed by atoms with Gasteiger partial charge in [0, 0.05) is 13.1 Å². The molecule has 1 aliphatic rings. The van der Waals surface area contributed by atoms with E-state index in [0.717, 1.165) is 0 Å². The molecule has 1 fully saturated rings. The molecular formula is C10H17FN2O3. The number of carbonyl (C=O) groups excluding carboxylic acids is 1. The van der Waals surface area contributed by atoms with Gasteiger partial charge in [-0.1, -0.05) is 0 Å². The summed E-state index contributed by atoms with van der Waals surface area (Å²) in [6, 6.07) is -0.384. The van der Waals surface area contributed by atoms with Crippen molar-refractivity contribution in [3.63, 3.8) is 0 Å². The Bertz CT molecular complexity index is 281. The van der Waals surface area contributed by atoms with Crippen molar-refractivity contribution in [2.24, 2.45) is 0 Å². The number of carboxylic acids is 1. The predicted octanol–water partition coefficient (Wildman–Crippen LogP) is 0.995. The van der Waals surface area contributed by atoms with E-state index in [4.69, 9.17) is 5.11 Å². The number of hydrogen-bond acceptors (Lipinski definition) is 2. The van der Waals surface area contributed by atoms with Crippen molar-refractivity contribution in [1.82, 2.24) is 10.2 Å². The number of urea groups is 1. The van der Waals surface area contributed by atoms with E-state index in [2.05, 4.69) is 5.32 Å². The van der Waals surface area contributed by atoms with Crippen LogP contribution in [0.2, 0.25) is 0 Å². The Hall–Kier alpha value is -1.33. The maximum absolute atomic E-state index is 13.6. The molecule has 1 saturated heterocycles. The number of nitrogens with zero attached hydrogens (tertiary/aromatic N) is 1. The molecule has 0 saturated carbocycles. The van der Waals surface area contributed by atoms with Crippen molar-refractivity contribution >= 4 is 12.0 Å². The van der Waals surface area contributed by atoms with Crippen LogP contribution in [0.25, 0.3) is 0 Å². The summed E-state index contributed by atoms with van der Waals surface area (Å²) in [5, 5.41) is 10.9. The van der Waals surface area contributed by atoms with Gasteiger partial charge in [0.25, 0.3) is 0 Å². The van der Waals surface area contributed by atoms with Crippen LogP contribution < -0.4 is 5.32 Å². The first-order valence-corrected chi connectivity index (χ1v) is 5.34. The number of aliphatic carboxylic acids is 1. The number of likely N-dealkylation sites (tertiary alicyclic amines) is 1. The average Bonchev–Trinajstić information content (AvgIpc) is 2.15. The molecule has 1 aliphatic heterocycles. The molecule has 0 aliphatic carbocycles. The molecule has 5 nitrogen and oxygen atoms in total. The first-order chi connectivity index (χ1) is 7.41. The summed E-state index contributed by atoms with van der Waals surface area (Å²) in [6.07, 6.45) is 0.984. The summed E-state index contributed by atoms with van der Waals surface area (Å²) in [6.45, 7) is 2.15. The van der Waals surface area contributed by atoms with Crippen LogP contribution in [-0.2, 0) is 4.79 Å². The van der Waals surface area contributed by atoms with Gasteiger partial charge in [0.1, 0.15) is 5.67 Å². The van der Waals surface area contributed by atoms with Crippen LogP contribution in [0.15, 0.2) is 0 Å². The number of rotatable bonds is 3. The van der Waals surface area contributed by atoms with Crippen molar-refractivity contribution < 1.29 is 19.1 Å². The summed E-state index contributed by atoms with van der Waals surface area (Å²) in [7, 11) is 0. The van der Waals surface area contributed by atoms with Crippen molar-refractivity contribution in [3.8, 4) is 0 Å². The van der Waals surface area contributed by atoms with E-state index in [0.29, 0.717) is 19.4 Å². The zero-order valence-corrected chi connectivity index (χ0v) is 9.33. The number of hydrogen-bond donors (Lipinski definition) is 2. The minimum atomic E-state index is -1.33. The van der Waals surface area contributed by atoms with E-state index in [1.165, 1.54) is 11.8 Å². The molecule has 1 unspecified atom stereocenters. The van der Waals surface area contributed by atoms with Gasteiger partial charge < -0.3 is 15.3 Å². The van der Waals surface area contributed by atoms with Gasteiger partial charge in [0.2, 0.25) is 0 Å². The maximum atomic E-state index is 13.6. The Morgan fingerprint density at radius 3 is 2.81 bits per heavy atom. The summed E-state index contributed by atoms with van der Waals surface area (Å²) >= 11 is 0. The van der Waals surface area contributed by atoms with Gasteiger partial charge in [-0.15, -0.1) is 0 Å². The van der Waals surface area contributed by atoms with Crippen LogP contribution in [-0.4, -0.2) is 47.3 Å². The third-order valence-corrected chi connectivity index (χ3v) is 2.55. The normalized spacial score (nSPS) is 25.2. The third kappa shape index (κ3) is 4.04. The topological polar surface area (TPSA) is 69.6 Å². The Kier molecular flexibility index (Phi) is 4.09. The minimum Gasteiger partial charge on any atom is -0.481 e. The summed E-state index contributed by atoms with van der Waals surface area (Å²) in [5.41, 5.74) is -1.33. The Balaban J connectivity index is 2.33. The summed E-state index contributed by atoms with van der Waals surface area (Å²) in [4.78, 5) is 23.2. The number of piperidine rings is 1. The van der Waals surface area contributed by atoms with Crippen LogP contribution in [0, 0.1) is 0 Å². The van der Waals surface area contributed by atoms with E-state index in [1.807, 2.05) is 0 Å². The molecule has 2 amide bonds. The fourth-order valence-electron chi connectivity index (χ4n) is 1.76. The SMILES string of the molecule is CC1(F)CCCN(C(=O)NCCC(=O)O)C1. The number of halogens is 1. The monoisotopic (exact) mass is 232 g/mol. The Morgan fingerprint density at radius 1 is 1.56 bits per heavy atom. The van der Waals surface area contributed by atoms with Gasteiger partial charge in [-0.05, 0) is 19.8 Å². The number of carbonyl (C=O) groups is 2. The summed E-state index contributed by atoms with van der Waals surface area (Å²) < 4.78 is 13.6. The van der Waals surface area contributed by atoms with Crippen LogP contribution in [0.4, 0.5) is 9.18 Å². The molecule has 92 valence electrons. The molecule has 1 rings (SSSR count). The smallest absolute Gasteiger partial charge is 0.317 e. The van der Waals surface area contributed by atoms with Crippen molar-refractivity contribution in [2.75, 3.05) is 19.6 Å². The lowest BCUT2D eigenvalue weighted by molar-refractivity contribution is -0.136. The fourth-order valence-corrected chi connectivity index (χ4v) is 1.76. The second-order valence-corrected chi connectivity index (χ2v) is 4.31. The molecule has 0 aromatic rings. The second kappa shape index (κ2) is 5.14. The number of amides is 2. The number of nitrogens with one attached hydrogen (secondary N) is 1.